The topological polar surface area (TPSA) is 148 Å². The molecule has 0 aliphatic carbocycles. The minimum Gasteiger partial charge on any atom is -0.493 e. The molecule has 0 amide bonds. The van der Waals surface area contributed by atoms with Crippen molar-refractivity contribution in [3.63, 3.8) is 0 Å². The summed E-state index contributed by atoms with van der Waals surface area (Å²) < 4.78 is 31.5. The Labute approximate surface area is 250 Å². The lowest BCUT2D eigenvalue weighted by Crippen LogP contribution is -2.08. The number of benzene rings is 3. The number of hydrogen-bond donors (Lipinski definition) is 0. The van der Waals surface area contributed by atoms with Gasteiger partial charge >= 0.3 is 23.9 Å². The molecule has 0 N–H and O–H groups in total. The Morgan fingerprint density at radius 3 is 1.34 bits per heavy atom. The van der Waals surface area contributed by atoms with E-state index < -0.39 is 23.9 Å². The molecule has 222 valence electrons. The highest BCUT2D eigenvalue weighted by Crippen LogP contribution is 2.31. The van der Waals surface area contributed by atoms with Crippen molar-refractivity contribution in [2.24, 2.45) is 9.98 Å². The highest BCUT2D eigenvalue weighted by molar-refractivity contribution is 6.14. The average molecular weight is 597 g/mol. The second kappa shape index (κ2) is 12.4. The summed E-state index contributed by atoms with van der Waals surface area (Å²) in [6.07, 6.45) is 3.04. The number of hydrogen-bond acceptors (Lipinski definition) is 12. The Morgan fingerprint density at radius 1 is 0.614 bits per heavy atom. The molecule has 2 aliphatic rings. The first kappa shape index (κ1) is 29.5. The summed E-state index contributed by atoms with van der Waals surface area (Å²) in [6.45, 7) is 2.56. The number of rotatable bonds is 8. The van der Waals surface area contributed by atoms with E-state index in [-0.39, 0.29) is 34.7 Å². The van der Waals surface area contributed by atoms with E-state index in [0.29, 0.717) is 33.8 Å². The van der Waals surface area contributed by atoms with E-state index in [9.17, 15) is 19.2 Å². The van der Waals surface area contributed by atoms with Gasteiger partial charge in [-0.2, -0.15) is 0 Å². The molecule has 0 saturated carbocycles. The van der Waals surface area contributed by atoms with Crippen LogP contribution in [0.4, 0.5) is 0 Å². The van der Waals surface area contributed by atoms with Crippen LogP contribution in [0, 0.1) is 0 Å². The molecule has 3 aromatic carbocycles. The van der Waals surface area contributed by atoms with Gasteiger partial charge in [0.25, 0.3) is 0 Å². The van der Waals surface area contributed by atoms with Crippen molar-refractivity contribution in [3.8, 4) is 23.0 Å². The number of aliphatic imine (C=N–C) groups is 2. The number of nitrogens with zero attached hydrogens (tertiary/aromatic N) is 2. The van der Waals surface area contributed by atoms with Gasteiger partial charge in [-0.1, -0.05) is 12.1 Å². The summed E-state index contributed by atoms with van der Waals surface area (Å²) in [5.74, 6) is -0.975. The van der Waals surface area contributed by atoms with Crippen LogP contribution < -0.4 is 18.9 Å². The van der Waals surface area contributed by atoms with Crippen molar-refractivity contribution in [2.75, 3.05) is 14.2 Å². The number of cyclic esters (lactones) is 2. The predicted octanol–water partition coefficient (Wildman–Crippen LogP) is 4.24. The molecular formula is C32H24N2O10. The van der Waals surface area contributed by atoms with Crippen LogP contribution in [0.15, 0.2) is 82.0 Å². The summed E-state index contributed by atoms with van der Waals surface area (Å²) >= 11 is 0. The Balaban J connectivity index is 1.33. The van der Waals surface area contributed by atoms with Crippen LogP contribution in [0.25, 0.3) is 12.2 Å². The van der Waals surface area contributed by atoms with Gasteiger partial charge in [0, 0.05) is 25.0 Å². The van der Waals surface area contributed by atoms with Crippen molar-refractivity contribution in [3.05, 3.63) is 94.3 Å². The van der Waals surface area contributed by atoms with Crippen LogP contribution in [0.3, 0.4) is 0 Å². The Bertz CT molecular complexity index is 1680. The van der Waals surface area contributed by atoms with Gasteiger partial charge < -0.3 is 28.4 Å². The summed E-state index contributed by atoms with van der Waals surface area (Å²) in [4.78, 5) is 56.2. The number of ether oxygens (including phenoxy) is 6. The van der Waals surface area contributed by atoms with Gasteiger partial charge in [0.05, 0.1) is 14.2 Å². The number of carbonyl (C=O) groups excluding carboxylic acids is 4. The third kappa shape index (κ3) is 6.54. The first-order chi connectivity index (χ1) is 21.1. The number of methoxy groups -OCH3 is 2. The standard InChI is InChI=1S/C32H24N2O10/c1-17(35)41-25-11-5-19(15-27(25)39-3)13-23-31(37)43-29(33-23)21-7-9-22(10-8-21)30-34-24(32(38)44-30)14-20-6-12-26(42-18(2)36)28(16-20)40-4/h5-16H,1-4H3. The Morgan fingerprint density at radius 2 is 1.00 bits per heavy atom. The van der Waals surface area contributed by atoms with Crippen molar-refractivity contribution >= 4 is 47.8 Å². The summed E-state index contributed by atoms with van der Waals surface area (Å²) in [5.41, 5.74) is 2.30. The number of carbonyl (C=O) groups is 4. The first-order valence-corrected chi connectivity index (χ1v) is 13.0. The minimum absolute atomic E-state index is 0.0627. The highest BCUT2D eigenvalue weighted by Gasteiger charge is 2.27. The normalized spacial score (nSPS) is 15.8. The molecule has 2 heterocycles. The first-order valence-electron chi connectivity index (χ1n) is 13.0. The molecule has 2 aliphatic heterocycles. The highest BCUT2D eigenvalue weighted by atomic mass is 16.6. The third-order valence-electron chi connectivity index (χ3n) is 6.11. The van der Waals surface area contributed by atoms with Gasteiger partial charge in [0.2, 0.25) is 11.8 Å². The molecule has 0 saturated heterocycles. The lowest BCUT2D eigenvalue weighted by Gasteiger charge is -2.08. The summed E-state index contributed by atoms with van der Waals surface area (Å²) in [7, 11) is 2.87. The third-order valence-corrected chi connectivity index (χ3v) is 6.11. The second-order valence-corrected chi connectivity index (χ2v) is 9.26. The molecule has 12 heteroatoms. The monoisotopic (exact) mass is 596 g/mol. The zero-order valence-electron chi connectivity index (χ0n) is 23.9. The van der Waals surface area contributed by atoms with E-state index in [2.05, 4.69) is 9.98 Å². The Hall–Kier alpha value is -6.04. The molecule has 3 aromatic rings. The molecule has 0 radical (unpaired) electrons. The van der Waals surface area contributed by atoms with Crippen LogP contribution in [-0.2, 0) is 28.7 Å². The summed E-state index contributed by atoms with van der Waals surface area (Å²) in [5, 5.41) is 0. The molecule has 0 unspecified atom stereocenters. The van der Waals surface area contributed by atoms with Gasteiger partial charge in [-0.3, -0.25) is 9.59 Å². The maximum atomic E-state index is 12.5. The van der Waals surface area contributed by atoms with Crippen molar-refractivity contribution in [2.45, 2.75) is 13.8 Å². The summed E-state index contributed by atoms with van der Waals surface area (Å²) in [6, 6.07) is 16.2. The van der Waals surface area contributed by atoms with Gasteiger partial charge in [-0.15, -0.1) is 0 Å². The molecule has 0 aromatic heterocycles. The molecule has 5 rings (SSSR count). The fourth-order valence-corrected chi connectivity index (χ4v) is 4.16. The van der Waals surface area contributed by atoms with E-state index in [1.165, 1.54) is 40.2 Å². The van der Waals surface area contributed by atoms with E-state index in [1.54, 1.807) is 60.7 Å². The molecule has 0 spiro atoms. The van der Waals surface area contributed by atoms with Crippen molar-refractivity contribution < 1.29 is 47.6 Å². The fraction of sp³-hybridized carbons (Fsp3) is 0.125. The zero-order chi connectivity index (χ0) is 31.4. The van der Waals surface area contributed by atoms with Crippen molar-refractivity contribution in [1.82, 2.24) is 0 Å². The van der Waals surface area contributed by atoms with E-state index in [4.69, 9.17) is 28.4 Å². The predicted molar refractivity (Wildman–Crippen MR) is 156 cm³/mol. The quantitative estimate of drug-likeness (QED) is 0.210. The van der Waals surface area contributed by atoms with Crippen molar-refractivity contribution in [1.29, 1.82) is 0 Å². The van der Waals surface area contributed by atoms with E-state index in [0.717, 1.165) is 0 Å². The van der Waals surface area contributed by atoms with Gasteiger partial charge in [-0.05, 0) is 71.8 Å². The molecule has 0 fully saturated rings. The SMILES string of the molecule is COc1cc(C=C2N=C(c3ccc(C4=NC(=Cc5ccc(OC(C)=O)c(OC)c5)C(=O)O4)cc3)OC2=O)ccc1OC(C)=O. The fourth-order valence-electron chi connectivity index (χ4n) is 4.16. The molecule has 0 atom stereocenters. The molecule has 0 bridgehead atoms. The van der Waals surface area contributed by atoms with Crippen LogP contribution in [0.5, 0.6) is 23.0 Å². The minimum atomic E-state index is -0.645. The van der Waals surface area contributed by atoms with Gasteiger partial charge in [0.1, 0.15) is 0 Å². The largest absolute Gasteiger partial charge is 0.493 e. The van der Waals surface area contributed by atoms with Crippen LogP contribution in [-0.4, -0.2) is 49.9 Å². The molecule has 12 nitrogen and oxygen atoms in total. The lowest BCUT2D eigenvalue weighted by molar-refractivity contribution is -0.132. The number of esters is 4. The second-order valence-electron chi connectivity index (χ2n) is 9.26. The van der Waals surface area contributed by atoms with E-state index in [1.807, 2.05) is 0 Å². The maximum absolute atomic E-state index is 12.5. The maximum Gasteiger partial charge on any atom is 0.363 e. The van der Waals surface area contributed by atoms with E-state index >= 15 is 0 Å². The Kier molecular flexibility index (Phi) is 8.33. The van der Waals surface area contributed by atoms with Gasteiger partial charge in [0.15, 0.2) is 34.4 Å². The molecular weight excluding hydrogens is 572 g/mol. The zero-order valence-corrected chi connectivity index (χ0v) is 23.9. The lowest BCUT2D eigenvalue weighted by atomic mass is 10.1. The van der Waals surface area contributed by atoms with Crippen LogP contribution in [0.2, 0.25) is 0 Å². The molecule has 44 heavy (non-hydrogen) atoms. The van der Waals surface area contributed by atoms with Crippen LogP contribution in [0.1, 0.15) is 36.1 Å². The smallest absolute Gasteiger partial charge is 0.363 e. The van der Waals surface area contributed by atoms with Crippen LogP contribution >= 0.6 is 0 Å². The van der Waals surface area contributed by atoms with Gasteiger partial charge in [-0.25, -0.2) is 19.6 Å². The average Bonchev–Trinajstić information content (AvgIpc) is 3.55.